The molecule has 7 heteroatoms. The van der Waals surface area contributed by atoms with Crippen molar-refractivity contribution in [2.75, 3.05) is 39.4 Å². The molecule has 27 heavy (non-hydrogen) atoms. The Bertz CT molecular complexity index is 724. The van der Waals surface area contributed by atoms with Gasteiger partial charge in [-0.2, -0.15) is 0 Å². The van der Waals surface area contributed by atoms with Gasteiger partial charge in [-0.05, 0) is 30.8 Å². The molecule has 0 radical (unpaired) electrons. The first-order valence-electron chi connectivity index (χ1n) is 10.6. The van der Waals surface area contributed by atoms with Crippen molar-refractivity contribution < 1.29 is 14.4 Å². The largest absolute Gasteiger partial charge is 0.378 e. The highest BCUT2D eigenvalue weighted by molar-refractivity contribution is 5.79. The summed E-state index contributed by atoms with van der Waals surface area (Å²) in [4.78, 5) is 16.6. The molecule has 1 aromatic rings. The van der Waals surface area contributed by atoms with Gasteiger partial charge >= 0.3 is 0 Å². The quantitative estimate of drug-likeness (QED) is 0.808. The second-order valence-electron chi connectivity index (χ2n) is 8.59. The second-order valence-corrected chi connectivity index (χ2v) is 8.59. The Labute approximate surface area is 160 Å². The average Bonchev–Trinajstić information content (AvgIpc) is 3.40. The van der Waals surface area contributed by atoms with E-state index in [9.17, 15) is 4.79 Å². The number of carbonyl (C=O) groups excluding carboxylic acids is 1. The Morgan fingerprint density at radius 1 is 1.33 bits per heavy atom. The van der Waals surface area contributed by atoms with Gasteiger partial charge in [-0.15, -0.1) is 5.10 Å². The Morgan fingerprint density at radius 2 is 2.22 bits per heavy atom. The number of carbonyl (C=O) groups is 1. The number of fused-ring (bicyclic) bond motifs is 3. The van der Waals surface area contributed by atoms with E-state index in [0.29, 0.717) is 31.1 Å². The van der Waals surface area contributed by atoms with Crippen molar-refractivity contribution in [1.82, 2.24) is 19.9 Å². The van der Waals surface area contributed by atoms with E-state index in [0.717, 1.165) is 44.7 Å². The molecule has 5 heterocycles. The summed E-state index contributed by atoms with van der Waals surface area (Å²) in [7, 11) is 0. The number of morpholine rings is 1. The number of ether oxygens (including phenoxy) is 1. The standard InChI is InChI=1S/C20H29N5O2/c26-20(23-7-9-27-10-8-23)18-13-24-6-5-16(18)11-17(24)12-25-14-19(21-22-25)15-3-1-2-4-15/h3,14,16-18H,1-2,4-13H2/p+1/t16-,17-,18+/m1/s1. The molecule has 0 spiro atoms. The fourth-order valence-corrected chi connectivity index (χ4v) is 5.48. The molecule has 4 fully saturated rings. The second kappa shape index (κ2) is 7.36. The Hall–Kier alpha value is -1.73. The molecule has 1 unspecified atom stereocenters. The van der Waals surface area contributed by atoms with Crippen LogP contribution in [0, 0.1) is 11.8 Å². The molecular formula is C20H30N5O2+. The minimum Gasteiger partial charge on any atom is -0.378 e. The molecule has 5 aliphatic rings. The lowest BCUT2D eigenvalue weighted by molar-refractivity contribution is -0.945. The van der Waals surface area contributed by atoms with Gasteiger partial charge in [-0.3, -0.25) is 4.79 Å². The maximum Gasteiger partial charge on any atom is 0.231 e. The van der Waals surface area contributed by atoms with E-state index in [1.165, 1.54) is 31.4 Å². The molecule has 0 saturated carbocycles. The molecule has 4 aliphatic heterocycles. The van der Waals surface area contributed by atoms with Crippen LogP contribution in [0.4, 0.5) is 0 Å². The zero-order valence-corrected chi connectivity index (χ0v) is 16.0. The number of aromatic nitrogens is 3. The van der Waals surface area contributed by atoms with Crippen molar-refractivity contribution in [2.24, 2.45) is 11.8 Å². The third-order valence-corrected chi connectivity index (χ3v) is 7.01. The number of rotatable bonds is 4. The minimum absolute atomic E-state index is 0.207. The number of amides is 1. The Balaban J connectivity index is 1.22. The molecule has 6 rings (SSSR count). The van der Waals surface area contributed by atoms with Gasteiger partial charge in [0.05, 0.1) is 45.0 Å². The van der Waals surface area contributed by atoms with E-state index in [4.69, 9.17) is 4.74 Å². The van der Waals surface area contributed by atoms with Crippen molar-refractivity contribution >= 4 is 11.5 Å². The maximum atomic E-state index is 13.0. The average molecular weight is 372 g/mol. The minimum atomic E-state index is 0.207. The topological polar surface area (TPSA) is 64.7 Å². The smallest absolute Gasteiger partial charge is 0.231 e. The lowest BCUT2D eigenvalue weighted by atomic mass is 9.75. The van der Waals surface area contributed by atoms with Crippen LogP contribution in [0.25, 0.3) is 5.57 Å². The van der Waals surface area contributed by atoms with Gasteiger partial charge in [-0.25, -0.2) is 4.68 Å². The normalized spacial score (nSPS) is 33.3. The van der Waals surface area contributed by atoms with Gasteiger partial charge in [0.2, 0.25) is 5.91 Å². The number of nitrogens with zero attached hydrogens (tertiary/aromatic N) is 4. The summed E-state index contributed by atoms with van der Waals surface area (Å²) < 4.78 is 7.44. The number of hydrogen-bond acceptors (Lipinski definition) is 4. The summed E-state index contributed by atoms with van der Waals surface area (Å²) in [5, 5.41) is 8.78. The first-order chi connectivity index (χ1) is 13.3. The van der Waals surface area contributed by atoms with Gasteiger partial charge in [-0.1, -0.05) is 11.3 Å². The molecule has 1 N–H and O–H groups in total. The third-order valence-electron chi connectivity index (χ3n) is 7.01. The van der Waals surface area contributed by atoms with Crippen LogP contribution in [-0.4, -0.2) is 71.2 Å². The number of nitrogens with one attached hydrogen (secondary N) is 1. The highest BCUT2D eigenvalue weighted by Gasteiger charge is 2.47. The summed E-state index contributed by atoms with van der Waals surface area (Å²) in [5.41, 5.74) is 2.41. The van der Waals surface area contributed by atoms with Crippen molar-refractivity contribution in [3.05, 3.63) is 18.0 Å². The predicted molar refractivity (Wildman–Crippen MR) is 99.9 cm³/mol. The van der Waals surface area contributed by atoms with Gasteiger partial charge < -0.3 is 14.5 Å². The van der Waals surface area contributed by atoms with Crippen LogP contribution in [0.5, 0.6) is 0 Å². The first kappa shape index (κ1) is 17.4. The van der Waals surface area contributed by atoms with E-state index in [2.05, 4.69) is 22.6 Å². The van der Waals surface area contributed by atoms with Crippen LogP contribution < -0.4 is 4.90 Å². The van der Waals surface area contributed by atoms with Crippen LogP contribution >= 0.6 is 0 Å². The van der Waals surface area contributed by atoms with Crippen LogP contribution in [0.15, 0.2) is 12.3 Å². The van der Waals surface area contributed by atoms with E-state index in [1.807, 2.05) is 9.58 Å². The molecule has 1 amide bonds. The highest BCUT2D eigenvalue weighted by Crippen LogP contribution is 2.30. The molecule has 4 saturated heterocycles. The lowest BCUT2D eigenvalue weighted by Crippen LogP contribution is -3.20. The van der Waals surface area contributed by atoms with Crippen LogP contribution in [0.2, 0.25) is 0 Å². The van der Waals surface area contributed by atoms with Gasteiger partial charge in [0.25, 0.3) is 0 Å². The SMILES string of the molecule is O=C([C@H]1C[NH+]2CC[C@@H]1C[C@@H]2Cn1cc(C2=CCCC2)nn1)N1CCOCC1. The molecule has 7 nitrogen and oxygen atoms in total. The first-order valence-corrected chi connectivity index (χ1v) is 10.6. The zero-order valence-electron chi connectivity index (χ0n) is 16.0. The Morgan fingerprint density at radius 3 is 2.96 bits per heavy atom. The molecular weight excluding hydrogens is 342 g/mol. The fraction of sp³-hybridized carbons (Fsp3) is 0.750. The summed E-state index contributed by atoms with van der Waals surface area (Å²) in [6.45, 7) is 6.00. The van der Waals surface area contributed by atoms with Crippen molar-refractivity contribution in [3.63, 3.8) is 0 Å². The summed E-state index contributed by atoms with van der Waals surface area (Å²) in [6, 6.07) is 0.560. The van der Waals surface area contributed by atoms with Crippen LogP contribution in [-0.2, 0) is 16.1 Å². The maximum absolute atomic E-state index is 13.0. The number of allylic oxidation sites excluding steroid dienone is 2. The van der Waals surface area contributed by atoms with Crippen LogP contribution in [0.3, 0.4) is 0 Å². The number of quaternary nitrogens is 1. The van der Waals surface area contributed by atoms with Gasteiger partial charge in [0.15, 0.2) is 0 Å². The number of piperidine rings is 3. The summed E-state index contributed by atoms with van der Waals surface area (Å²) in [6.07, 6.45) is 10.3. The molecule has 4 atom stereocenters. The van der Waals surface area contributed by atoms with E-state index < -0.39 is 0 Å². The molecule has 1 aliphatic carbocycles. The van der Waals surface area contributed by atoms with Gasteiger partial charge in [0, 0.05) is 25.9 Å². The van der Waals surface area contributed by atoms with Crippen molar-refractivity contribution in [3.8, 4) is 0 Å². The van der Waals surface area contributed by atoms with E-state index >= 15 is 0 Å². The zero-order chi connectivity index (χ0) is 18.2. The van der Waals surface area contributed by atoms with Crippen molar-refractivity contribution in [1.29, 1.82) is 0 Å². The monoisotopic (exact) mass is 372 g/mol. The highest BCUT2D eigenvalue weighted by atomic mass is 16.5. The van der Waals surface area contributed by atoms with Crippen LogP contribution in [0.1, 0.15) is 37.8 Å². The summed E-state index contributed by atoms with van der Waals surface area (Å²) >= 11 is 0. The van der Waals surface area contributed by atoms with E-state index in [-0.39, 0.29) is 5.92 Å². The van der Waals surface area contributed by atoms with Crippen molar-refractivity contribution in [2.45, 2.75) is 44.7 Å². The molecule has 146 valence electrons. The molecule has 0 aromatic carbocycles. The lowest BCUT2D eigenvalue weighted by Gasteiger charge is -2.47. The molecule has 2 bridgehead atoms. The Kier molecular flexibility index (Phi) is 4.73. The fourth-order valence-electron chi connectivity index (χ4n) is 5.48. The summed E-state index contributed by atoms with van der Waals surface area (Å²) in [5.74, 6) is 1.11. The third kappa shape index (κ3) is 3.43. The number of hydrogen-bond donors (Lipinski definition) is 1. The van der Waals surface area contributed by atoms with E-state index in [1.54, 1.807) is 4.90 Å². The predicted octanol–water partition coefficient (Wildman–Crippen LogP) is -0.00250. The molecule has 1 aromatic heterocycles. The van der Waals surface area contributed by atoms with Gasteiger partial charge in [0.1, 0.15) is 11.7 Å².